The Labute approximate surface area is 178 Å². The average Bonchev–Trinajstić information content (AvgIpc) is 3.09. The summed E-state index contributed by atoms with van der Waals surface area (Å²) >= 11 is 0. The van der Waals surface area contributed by atoms with Crippen LogP contribution in [0.15, 0.2) is 43.0 Å². The van der Waals surface area contributed by atoms with Crippen LogP contribution in [0.4, 0.5) is 4.39 Å². The third kappa shape index (κ3) is 4.91. The van der Waals surface area contributed by atoms with E-state index in [1.807, 2.05) is 17.9 Å². The molecule has 2 amide bonds. The number of nitrogens with zero attached hydrogens (tertiary/aromatic N) is 1. The number of ether oxygens (including phenoxy) is 1. The normalized spacial score (nSPS) is 25.8. The van der Waals surface area contributed by atoms with Gasteiger partial charge in [-0.3, -0.25) is 9.59 Å². The van der Waals surface area contributed by atoms with Crippen molar-refractivity contribution in [2.45, 2.75) is 69.5 Å². The van der Waals surface area contributed by atoms with Crippen molar-refractivity contribution in [2.75, 3.05) is 7.11 Å². The van der Waals surface area contributed by atoms with Crippen LogP contribution >= 0.6 is 0 Å². The van der Waals surface area contributed by atoms with Crippen LogP contribution in [-0.4, -0.2) is 41.4 Å². The minimum absolute atomic E-state index is 0.00432. The average molecular weight is 415 g/mol. The van der Waals surface area contributed by atoms with Gasteiger partial charge >= 0.3 is 0 Å². The second-order valence-corrected chi connectivity index (χ2v) is 8.36. The zero-order chi connectivity index (χ0) is 21.7. The molecule has 1 unspecified atom stereocenters. The van der Waals surface area contributed by atoms with Gasteiger partial charge in [0.2, 0.25) is 11.8 Å². The molecule has 1 N–H and O–H groups in total. The highest BCUT2D eigenvalue weighted by Gasteiger charge is 2.39. The number of hydrogen-bond acceptors (Lipinski definition) is 3. The van der Waals surface area contributed by atoms with E-state index < -0.39 is 11.4 Å². The number of nitrogens with one attached hydrogen (secondary N) is 1. The molecule has 2 heterocycles. The van der Waals surface area contributed by atoms with E-state index in [0.717, 1.165) is 18.4 Å². The number of benzene rings is 1. The van der Waals surface area contributed by atoms with Gasteiger partial charge in [-0.25, -0.2) is 4.39 Å². The molecule has 0 bridgehead atoms. The Morgan fingerprint density at radius 2 is 2.27 bits per heavy atom. The number of rotatable bonds is 8. The number of amides is 2. The summed E-state index contributed by atoms with van der Waals surface area (Å²) in [4.78, 5) is 27.1. The fraction of sp³-hybridized carbons (Fsp3) is 0.500. The first kappa shape index (κ1) is 22.1. The molecule has 1 aromatic carbocycles. The quantitative estimate of drug-likeness (QED) is 0.656. The molecule has 0 aromatic heterocycles. The summed E-state index contributed by atoms with van der Waals surface area (Å²) in [6, 6.07) is 4.94. The van der Waals surface area contributed by atoms with E-state index in [1.54, 1.807) is 12.1 Å². The van der Waals surface area contributed by atoms with Gasteiger partial charge in [0.05, 0.1) is 7.11 Å². The summed E-state index contributed by atoms with van der Waals surface area (Å²) in [6.45, 7) is 5.85. The highest BCUT2D eigenvalue weighted by molar-refractivity contribution is 5.80. The molecule has 5 nitrogen and oxygen atoms in total. The van der Waals surface area contributed by atoms with Crippen LogP contribution in [0.5, 0.6) is 5.75 Å². The SMILES string of the molecule is C=CC[C@@H]1CC=C[C@@H](C)N1C(=O)CCC1(Cc2ccc(F)c(OC)c2)CCC(=O)N1. The molecule has 162 valence electrons. The highest BCUT2D eigenvalue weighted by Crippen LogP contribution is 2.32. The monoisotopic (exact) mass is 414 g/mol. The van der Waals surface area contributed by atoms with Crippen molar-refractivity contribution in [1.29, 1.82) is 0 Å². The highest BCUT2D eigenvalue weighted by atomic mass is 19.1. The number of methoxy groups -OCH3 is 1. The lowest BCUT2D eigenvalue weighted by molar-refractivity contribution is -0.135. The molecular weight excluding hydrogens is 383 g/mol. The minimum Gasteiger partial charge on any atom is -0.494 e. The Bertz CT molecular complexity index is 838. The topological polar surface area (TPSA) is 58.6 Å². The van der Waals surface area contributed by atoms with Gasteiger partial charge in [0, 0.05) is 30.5 Å². The van der Waals surface area contributed by atoms with E-state index in [1.165, 1.54) is 13.2 Å². The van der Waals surface area contributed by atoms with Gasteiger partial charge in [0.15, 0.2) is 11.6 Å². The fourth-order valence-corrected chi connectivity index (χ4v) is 4.67. The van der Waals surface area contributed by atoms with Crippen molar-refractivity contribution in [3.8, 4) is 5.75 Å². The van der Waals surface area contributed by atoms with E-state index in [0.29, 0.717) is 32.1 Å². The summed E-state index contributed by atoms with van der Waals surface area (Å²) in [5.74, 6) is -0.142. The first-order chi connectivity index (χ1) is 14.4. The molecule has 0 aliphatic carbocycles. The molecular formula is C24H31FN2O3. The van der Waals surface area contributed by atoms with Gasteiger partial charge < -0.3 is 15.0 Å². The number of carbonyl (C=O) groups is 2. The smallest absolute Gasteiger partial charge is 0.223 e. The Hall–Kier alpha value is -2.63. The summed E-state index contributed by atoms with van der Waals surface area (Å²) in [7, 11) is 1.43. The molecule has 3 atom stereocenters. The number of carbonyl (C=O) groups excluding carboxylic acids is 2. The standard InChI is InChI=1S/C24H31FN2O3/c1-4-6-19-8-5-7-17(2)27(19)23(29)12-14-24(13-11-22(28)26-24)16-18-9-10-20(25)21(15-18)30-3/h4-5,7,9-10,15,17,19H,1,6,8,11-14,16H2,2-3H3,(H,26,28)/t17-,19-,24?/m1/s1. The minimum atomic E-state index is -0.502. The summed E-state index contributed by atoms with van der Waals surface area (Å²) in [5.41, 5.74) is 0.375. The lowest BCUT2D eigenvalue weighted by atomic mass is 9.84. The molecule has 2 aliphatic heterocycles. The van der Waals surface area contributed by atoms with Crippen molar-refractivity contribution in [2.24, 2.45) is 0 Å². The van der Waals surface area contributed by atoms with E-state index in [4.69, 9.17) is 4.74 Å². The van der Waals surface area contributed by atoms with Crippen LogP contribution in [0, 0.1) is 5.82 Å². The second kappa shape index (κ2) is 9.45. The van der Waals surface area contributed by atoms with Gasteiger partial charge in [-0.05, 0) is 56.7 Å². The maximum absolute atomic E-state index is 13.8. The first-order valence-corrected chi connectivity index (χ1v) is 10.6. The molecule has 30 heavy (non-hydrogen) atoms. The van der Waals surface area contributed by atoms with E-state index in [9.17, 15) is 14.0 Å². The van der Waals surface area contributed by atoms with Crippen molar-refractivity contribution in [3.05, 3.63) is 54.4 Å². The van der Waals surface area contributed by atoms with Crippen LogP contribution in [0.3, 0.4) is 0 Å². The predicted octanol–water partition coefficient (Wildman–Crippen LogP) is 3.93. The summed E-state index contributed by atoms with van der Waals surface area (Å²) in [5, 5.41) is 3.10. The lowest BCUT2D eigenvalue weighted by Crippen LogP contribution is -2.49. The van der Waals surface area contributed by atoms with Crippen molar-refractivity contribution in [3.63, 3.8) is 0 Å². The van der Waals surface area contributed by atoms with E-state index >= 15 is 0 Å². The van der Waals surface area contributed by atoms with Gasteiger partial charge in [0.25, 0.3) is 0 Å². The third-order valence-electron chi connectivity index (χ3n) is 6.19. The van der Waals surface area contributed by atoms with Gasteiger partial charge in [-0.2, -0.15) is 0 Å². The van der Waals surface area contributed by atoms with E-state index in [2.05, 4.69) is 24.0 Å². The molecule has 0 radical (unpaired) electrons. The molecule has 0 spiro atoms. The van der Waals surface area contributed by atoms with Crippen LogP contribution in [0.1, 0.15) is 51.0 Å². The van der Waals surface area contributed by atoms with Gasteiger partial charge in [-0.15, -0.1) is 6.58 Å². The lowest BCUT2D eigenvalue weighted by Gasteiger charge is -2.38. The van der Waals surface area contributed by atoms with Gasteiger partial charge in [0.1, 0.15) is 0 Å². The van der Waals surface area contributed by atoms with Crippen LogP contribution < -0.4 is 10.1 Å². The molecule has 1 aromatic rings. The molecule has 3 rings (SSSR count). The summed E-state index contributed by atoms with van der Waals surface area (Å²) in [6.07, 6.45) is 10.2. The van der Waals surface area contributed by atoms with Crippen molar-refractivity contribution < 1.29 is 18.7 Å². The summed E-state index contributed by atoms with van der Waals surface area (Å²) < 4.78 is 18.9. The van der Waals surface area contributed by atoms with Crippen LogP contribution in [-0.2, 0) is 16.0 Å². The first-order valence-electron chi connectivity index (χ1n) is 10.6. The van der Waals surface area contributed by atoms with Gasteiger partial charge in [-0.1, -0.05) is 24.3 Å². The Morgan fingerprint density at radius 3 is 2.93 bits per heavy atom. The molecule has 1 fully saturated rings. The zero-order valence-electron chi connectivity index (χ0n) is 17.8. The molecule has 2 aliphatic rings. The molecule has 6 heteroatoms. The predicted molar refractivity (Wildman–Crippen MR) is 115 cm³/mol. The van der Waals surface area contributed by atoms with Crippen molar-refractivity contribution in [1.82, 2.24) is 10.2 Å². The zero-order valence-corrected chi connectivity index (χ0v) is 17.8. The van der Waals surface area contributed by atoms with Crippen LogP contribution in [0.2, 0.25) is 0 Å². The maximum Gasteiger partial charge on any atom is 0.223 e. The maximum atomic E-state index is 13.8. The Morgan fingerprint density at radius 1 is 1.47 bits per heavy atom. The van der Waals surface area contributed by atoms with E-state index in [-0.39, 0.29) is 29.6 Å². The largest absolute Gasteiger partial charge is 0.494 e. The Balaban J connectivity index is 1.73. The van der Waals surface area contributed by atoms with Crippen molar-refractivity contribution >= 4 is 11.8 Å². The third-order valence-corrected chi connectivity index (χ3v) is 6.19. The van der Waals surface area contributed by atoms with Crippen LogP contribution in [0.25, 0.3) is 0 Å². The number of hydrogen-bond donors (Lipinski definition) is 1. The second-order valence-electron chi connectivity index (χ2n) is 8.36. The molecule has 0 saturated carbocycles. The Kier molecular flexibility index (Phi) is 6.95. The fourth-order valence-electron chi connectivity index (χ4n) is 4.67. The molecule has 1 saturated heterocycles. The number of halogens is 1.